The molecule has 0 unspecified atom stereocenters. The zero-order valence-electron chi connectivity index (χ0n) is 10.8. The third kappa shape index (κ3) is 4.24. The molecule has 0 radical (unpaired) electrons. The molecule has 0 aromatic heterocycles. The molecule has 1 aliphatic rings. The second-order valence-corrected chi connectivity index (χ2v) is 5.34. The van der Waals surface area contributed by atoms with Crippen LogP contribution in [0.3, 0.4) is 0 Å². The molecule has 0 atom stereocenters. The Labute approximate surface area is 127 Å². The van der Waals surface area contributed by atoms with Crippen LogP contribution in [0.25, 0.3) is 0 Å². The summed E-state index contributed by atoms with van der Waals surface area (Å²) in [6.45, 7) is 1.30. The molecule has 2 rings (SSSR count). The molecule has 1 amide bonds. The lowest BCUT2D eigenvalue weighted by Crippen LogP contribution is -2.28. The normalized spacial score (nSPS) is 16.1. The Morgan fingerprint density at radius 2 is 1.95 bits per heavy atom. The Bertz CT molecular complexity index is 467. The number of benzene rings is 1. The van der Waals surface area contributed by atoms with Crippen LogP contribution in [-0.4, -0.2) is 31.8 Å². The molecule has 7 heteroatoms. The van der Waals surface area contributed by atoms with Gasteiger partial charge in [0.25, 0.3) is 0 Å². The molecule has 0 spiro atoms. The average Bonchev–Trinajstić information content (AvgIpc) is 2.42. The molecule has 0 bridgehead atoms. The van der Waals surface area contributed by atoms with E-state index in [9.17, 15) is 4.79 Å². The van der Waals surface area contributed by atoms with Crippen molar-refractivity contribution in [3.63, 3.8) is 0 Å². The molecule has 0 aliphatic carbocycles. The van der Waals surface area contributed by atoms with Gasteiger partial charge in [-0.2, -0.15) is 0 Å². The van der Waals surface area contributed by atoms with Gasteiger partial charge in [0.15, 0.2) is 0 Å². The van der Waals surface area contributed by atoms with Crippen LogP contribution in [0.2, 0.25) is 10.0 Å². The number of nitrogens with one attached hydrogen (secondary N) is 1. The zero-order chi connectivity index (χ0) is 14.5. The number of hydrogen-bond donors (Lipinski definition) is 2. The first-order valence-electron chi connectivity index (χ1n) is 6.30. The van der Waals surface area contributed by atoms with Crippen LogP contribution in [0.1, 0.15) is 12.8 Å². The fraction of sp³-hybridized carbons (Fsp3) is 0.462. The molecule has 1 saturated heterocycles. The number of anilines is 2. The number of nitrogen functional groups attached to an aromatic ring is 1. The van der Waals surface area contributed by atoms with E-state index in [0.29, 0.717) is 34.6 Å². The molecule has 1 aromatic carbocycles. The largest absolute Gasteiger partial charge is 0.399 e. The zero-order valence-corrected chi connectivity index (χ0v) is 12.3. The van der Waals surface area contributed by atoms with E-state index in [1.54, 1.807) is 0 Å². The van der Waals surface area contributed by atoms with E-state index in [1.165, 1.54) is 12.1 Å². The van der Waals surface area contributed by atoms with Crippen molar-refractivity contribution in [2.45, 2.75) is 18.9 Å². The molecule has 1 aliphatic heterocycles. The Kier molecular flexibility index (Phi) is 5.48. The number of amides is 1. The van der Waals surface area contributed by atoms with Crippen LogP contribution in [0.15, 0.2) is 12.1 Å². The highest BCUT2D eigenvalue weighted by Gasteiger charge is 2.17. The SMILES string of the molecule is Nc1cc(Cl)c(NC(=O)COC2CCOCC2)c(Cl)c1. The number of nitrogens with two attached hydrogens (primary N) is 1. The van der Waals surface area contributed by atoms with Gasteiger partial charge in [0, 0.05) is 18.9 Å². The standard InChI is InChI=1S/C13H16Cl2N2O3/c14-10-5-8(16)6-11(15)13(10)17-12(18)7-20-9-1-3-19-4-2-9/h5-6,9H,1-4,7,16H2,(H,17,18). The van der Waals surface area contributed by atoms with Crippen LogP contribution >= 0.6 is 23.2 Å². The molecular weight excluding hydrogens is 303 g/mol. The lowest BCUT2D eigenvalue weighted by molar-refractivity contribution is -0.124. The lowest BCUT2D eigenvalue weighted by Gasteiger charge is -2.22. The lowest BCUT2D eigenvalue weighted by atomic mass is 10.1. The van der Waals surface area contributed by atoms with E-state index in [0.717, 1.165) is 12.8 Å². The van der Waals surface area contributed by atoms with Gasteiger partial charge in [0.1, 0.15) is 6.61 Å². The van der Waals surface area contributed by atoms with E-state index >= 15 is 0 Å². The highest BCUT2D eigenvalue weighted by molar-refractivity contribution is 6.40. The van der Waals surface area contributed by atoms with E-state index in [-0.39, 0.29) is 18.6 Å². The van der Waals surface area contributed by atoms with Crippen molar-refractivity contribution in [2.75, 3.05) is 30.9 Å². The molecule has 1 heterocycles. The Morgan fingerprint density at radius 3 is 2.55 bits per heavy atom. The fourth-order valence-electron chi connectivity index (χ4n) is 1.92. The van der Waals surface area contributed by atoms with E-state index in [2.05, 4.69) is 5.32 Å². The molecule has 5 nitrogen and oxygen atoms in total. The van der Waals surface area contributed by atoms with E-state index < -0.39 is 0 Å². The highest BCUT2D eigenvalue weighted by Crippen LogP contribution is 2.32. The summed E-state index contributed by atoms with van der Waals surface area (Å²) in [5.74, 6) is -0.301. The fourth-order valence-corrected chi connectivity index (χ4v) is 2.52. The molecule has 1 aromatic rings. The number of carbonyl (C=O) groups is 1. The predicted molar refractivity (Wildman–Crippen MR) is 79.3 cm³/mol. The van der Waals surface area contributed by atoms with Crippen molar-refractivity contribution in [1.29, 1.82) is 0 Å². The van der Waals surface area contributed by atoms with E-state index in [1.807, 2.05) is 0 Å². The summed E-state index contributed by atoms with van der Waals surface area (Å²) in [4.78, 5) is 11.8. The van der Waals surface area contributed by atoms with Crippen molar-refractivity contribution >= 4 is 40.5 Å². The minimum Gasteiger partial charge on any atom is -0.399 e. The smallest absolute Gasteiger partial charge is 0.250 e. The third-order valence-corrected chi connectivity index (χ3v) is 3.54. The highest BCUT2D eigenvalue weighted by atomic mass is 35.5. The van der Waals surface area contributed by atoms with Gasteiger partial charge < -0.3 is 20.5 Å². The summed E-state index contributed by atoms with van der Waals surface area (Å²) >= 11 is 12.0. The molecule has 110 valence electrons. The summed E-state index contributed by atoms with van der Waals surface area (Å²) in [5, 5.41) is 3.23. The van der Waals surface area contributed by atoms with Gasteiger partial charge in [-0.3, -0.25) is 4.79 Å². The second-order valence-electron chi connectivity index (χ2n) is 4.53. The van der Waals surface area contributed by atoms with Crippen LogP contribution < -0.4 is 11.1 Å². The summed E-state index contributed by atoms with van der Waals surface area (Å²) in [6.07, 6.45) is 1.67. The summed E-state index contributed by atoms with van der Waals surface area (Å²) < 4.78 is 10.7. The minimum absolute atomic E-state index is 0.0400. The van der Waals surface area contributed by atoms with Crippen molar-refractivity contribution in [1.82, 2.24) is 0 Å². The maximum atomic E-state index is 11.8. The monoisotopic (exact) mass is 318 g/mol. The maximum absolute atomic E-state index is 11.8. The number of ether oxygens (including phenoxy) is 2. The predicted octanol–water partition coefficient (Wildman–Crippen LogP) is 2.71. The Balaban J connectivity index is 1.88. The van der Waals surface area contributed by atoms with E-state index in [4.69, 9.17) is 38.4 Å². The average molecular weight is 319 g/mol. The minimum atomic E-state index is -0.301. The van der Waals surface area contributed by atoms with Crippen molar-refractivity contribution in [3.05, 3.63) is 22.2 Å². The Hall–Kier alpha value is -1.01. The molecule has 20 heavy (non-hydrogen) atoms. The molecular formula is C13H16Cl2N2O3. The number of rotatable bonds is 4. The molecule has 1 fully saturated rings. The van der Waals surface area contributed by atoms with Gasteiger partial charge in [0.05, 0.1) is 21.8 Å². The topological polar surface area (TPSA) is 73.6 Å². The van der Waals surface area contributed by atoms with Crippen LogP contribution in [0.4, 0.5) is 11.4 Å². The first-order valence-corrected chi connectivity index (χ1v) is 7.05. The van der Waals surface area contributed by atoms with Crippen LogP contribution in [-0.2, 0) is 14.3 Å². The van der Waals surface area contributed by atoms with Gasteiger partial charge in [-0.1, -0.05) is 23.2 Å². The summed E-state index contributed by atoms with van der Waals surface area (Å²) in [7, 11) is 0. The van der Waals surface area contributed by atoms with Gasteiger partial charge in [-0.05, 0) is 25.0 Å². The third-order valence-electron chi connectivity index (χ3n) is 2.95. The Morgan fingerprint density at radius 1 is 1.35 bits per heavy atom. The second kappa shape index (κ2) is 7.13. The van der Waals surface area contributed by atoms with Gasteiger partial charge in [0.2, 0.25) is 5.91 Å². The quantitative estimate of drug-likeness (QED) is 0.837. The number of hydrogen-bond acceptors (Lipinski definition) is 4. The number of carbonyl (C=O) groups excluding carboxylic acids is 1. The van der Waals surface area contributed by atoms with Crippen molar-refractivity contribution < 1.29 is 14.3 Å². The van der Waals surface area contributed by atoms with Crippen molar-refractivity contribution in [3.8, 4) is 0 Å². The summed E-state index contributed by atoms with van der Waals surface area (Å²) in [6, 6.07) is 3.06. The first-order chi connectivity index (χ1) is 9.56. The first kappa shape index (κ1) is 15.4. The molecule has 0 saturated carbocycles. The van der Waals surface area contributed by atoms with Gasteiger partial charge in [-0.25, -0.2) is 0 Å². The maximum Gasteiger partial charge on any atom is 0.250 e. The van der Waals surface area contributed by atoms with Crippen LogP contribution in [0.5, 0.6) is 0 Å². The summed E-state index contributed by atoms with van der Waals surface area (Å²) in [5.41, 5.74) is 6.39. The van der Waals surface area contributed by atoms with Gasteiger partial charge in [-0.15, -0.1) is 0 Å². The van der Waals surface area contributed by atoms with Crippen molar-refractivity contribution in [2.24, 2.45) is 0 Å². The van der Waals surface area contributed by atoms with Gasteiger partial charge >= 0.3 is 0 Å². The molecule has 3 N–H and O–H groups in total. The number of halogens is 2. The van der Waals surface area contributed by atoms with Crippen LogP contribution in [0, 0.1) is 0 Å².